The van der Waals surface area contributed by atoms with E-state index < -0.39 is 21.7 Å². The minimum absolute atomic E-state index is 0. The molecular weight excluding hydrogens is 2410 g/mol. The molecule has 12 aromatic rings. The van der Waals surface area contributed by atoms with Crippen molar-refractivity contribution in [3.8, 4) is 45.0 Å². The summed E-state index contributed by atoms with van der Waals surface area (Å²) in [6, 6.07) is 62.7. The minimum Gasteiger partial charge on any atom is -0.512 e. The average molecular weight is 2560 g/mol. The number of rotatable bonds is 8. The monoisotopic (exact) mass is 2560 g/mol. The first kappa shape index (κ1) is 126. The first-order valence-electron chi connectivity index (χ1n) is 46.1. The molecule has 8 aromatic carbocycles. The molecule has 4 heterocycles. The summed E-state index contributed by atoms with van der Waals surface area (Å²) in [5.41, 5.74) is 31.0. The third kappa shape index (κ3) is 38.4. The number of carbonyl (C=O) groups excluding carboxylic acids is 4. The molecule has 4 aromatic heterocycles. The van der Waals surface area contributed by atoms with E-state index in [2.05, 4.69) is 263 Å². The van der Waals surface area contributed by atoms with Crippen molar-refractivity contribution in [1.82, 2.24) is 19.9 Å². The Morgan fingerprint density at radius 2 is 0.533 bits per heavy atom. The Labute approximate surface area is 877 Å². The molecule has 12 rings (SSSR count). The van der Waals surface area contributed by atoms with Crippen molar-refractivity contribution in [2.75, 3.05) is 0 Å². The van der Waals surface area contributed by atoms with E-state index in [0.29, 0.717) is 0 Å². The predicted molar refractivity (Wildman–Crippen MR) is 563 cm³/mol. The van der Waals surface area contributed by atoms with Gasteiger partial charge in [0.1, 0.15) is 23.0 Å². The number of ketones is 4. The molecule has 4 radical (unpaired) electrons. The summed E-state index contributed by atoms with van der Waals surface area (Å²) in [6.45, 7) is 80.5. The number of carbonyl (C=O) groups is 4. The molecule has 0 unspecified atom stereocenters. The Morgan fingerprint density at radius 1 is 0.255 bits per heavy atom. The first-order valence-corrected chi connectivity index (χ1v) is 46.1. The van der Waals surface area contributed by atoms with Gasteiger partial charge in [0, 0.05) is 170 Å². The van der Waals surface area contributed by atoms with E-state index >= 15 is 0 Å². The molecule has 0 aliphatic heterocycles. The van der Waals surface area contributed by atoms with E-state index in [-0.39, 0.29) is 148 Å². The molecule has 0 saturated heterocycles. The van der Waals surface area contributed by atoms with Gasteiger partial charge in [0.05, 0.1) is 22.1 Å². The van der Waals surface area contributed by atoms with Crippen LogP contribution in [0.3, 0.4) is 0 Å². The Balaban J connectivity index is 0.000000787. The fourth-order valence-corrected chi connectivity index (χ4v) is 13.1. The second-order valence-corrected chi connectivity index (χ2v) is 44.2. The first-order chi connectivity index (χ1) is 60.8. The molecule has 0 aliphatic carbocycles. The number of aromatic nitrogens is 4. The maximum atomic E-state index is 11.5. The summed E-state index contributed by atoms with van der Waals surface area (Å²) in [5, 5.41) is 43.1. The summed E-state index contributed by atoms with van der Waals surface area (Å²) < 4.78 is 0. The van der Waals surface area contributed by atoms with Crippen molar-refractivity contribution in [2.24, 2.45) is 43.3 Å². The van der Waals surface area contributed by atoms with Crippen LogP contribution in [-0.4, -0.2) is 63.5 Å². The number of hydrogen-bond donors (Lipinski definition) is 4. The van der Waals surface area contributed by atoms with Gasteiger partial charge in [0.15, 0.2) is 23.1 Å². The maximum Gasteiger partial charge on any atom is 0.164 e. The smallest absolute Gasteiger partial charge is 0.164 e. The van der Waals surface area contributed by atoms with E-state index in [4.69, 9.17) is 19.9 Å². The maximum absolute atomic E-state index is 11.5. The number of benzene rings is 8. The van der Waals surface area contributed by atoms with Gasteiger partial charge in [-0.25, -0.2) is 0 Å². The van der Waals surface area contributed by atoms with Gasteiger partial charge in [-0.1, -0.05) is 301 Å². The van der Waals surface area contributed by atoms with Crippen LogP contribution in [0.25, 0.3) is 88.6 Å². The van der Waals surface area contributed by atoms with Gasteiger partial charge in [-0.05, 0) is 147 Å². The van der Waals surface area contributed by atoms with Gasteiger partial charge < -0.3 is 20.4 Å². The number of nitrogens with zero attached hydrogens (tertiary/aromatic N) is 4. The Morgan fingerprint density at radius 3 is 0.825 bits per heavy atom. The number of aliphatic hydroxyl groups excluding tert-OH is 4. The predicted octanol–water partition coefficient (Wildman–Crippen LogP) is 32.4. The SMILES string of the molecule is CC(C)(C)C(=O)C=C(O)C(C)(C)C.CC(C)(C)C(=O)C=C(O)C(C)(C)C.CC(C)(C)C(=O)C=C(O)C(C)(C)C.CC(C)(C)C(=O)C=C(O)C(C)(C)C.Cc1c[c-]c(-c2ccc3c(C)cc(C)cc3n2)c(C)c1.Cc1cc(C)c2ccc(-c3[c-]c(C)c(C)cc3C)nc2c1.Cc1cc(C)c2ccc(-c3[c-]cc(C)c(C)c3)nc2c1.Cc1cc(C)c2ccc(-c3[c-]ccc(C)c3C)nc2c1.[Ir].[Ir].[Ir].[Ir]. The molecule has 746 valence electrons. The van der Waals surface area contributed by atoms with Gasteiger partial charge >= 0.3 is 0 Å². The molecule has 16 heteroatoms. The molecule has 0 atom stereocenters. The number of aryl methyl sites for hydroxylation is 16. The zero-order valence-corrected chi connectivity index (χ0v) is 99.2. The fourth-order valence-electron chi connectivity index (χ4n) is 13.1. The van der Waals surface area contributed by atoms with E-state index in [1.807, 2.05) is 184 Å². The largest absolute Gasteiger partial charge is 0.512 e. The minimum atomic E-state index is -0.417. The molecule has 0 fully saturated rings. The molecule has 12 nitrogen and oxygen atoms in total. The van der Waals surface area contributed by atoms with Crippen LogP contribution in [0.2, 0.25) is 0 Å². The molecule has 0 saturated carbocycles. The van der Waals surface area contributed by atoms with Crippen molar-refractivity contribution in [2.45, 2.75) is 284 Å². The van der Waals surface area contributed by atoms with E-state index in [0.717, 1.165) is 67.1 Å². The van der Waals surface area contributed by atoms with Crippen LogP contribution in [0.4, 0.5) is 0 Å². The van der Waals surface area contributed by atoms with Crippen LogP contribution in [-0.2, 0) is 99.6 Å². The van der Waals surface area contributed by atoms with Gasteiger partial charge in [-0.2, -0.15) is 0 Å². The van der Waals surface area contributed by atoms with Crippen molar-refractivity contribution in [3.63, 3.8) is 0 Å². The Kier molecular flexibility index (Phi) is 47.6. The van der Waals surface area contributed by atoms with Gasteiger partial charge in [-0.3, -0.25) is 39.1 Å². The molecule has 0 spiro atoms. The van der Waals surface area contributed by atoms with E-state index in [9.17, 15) is 39.6 Å². The third-order valence-corrected chi connectivity index (χ3v) is 22.7. The number of aliphatic hydroxyl groups is 4. The normalized spacial score (nSPS) is 12.0. The molecule has 0 aliphatic rings. The Bertz CT molecular complexity index is 6160. The van der Waals surface area contributed by atoms with Gasteiger partial charge in [0.2, 0.25) is 0 Å². The van der Waals surface area contributed by atoms with Crippen molar-refractivity contribution >= 4 is 66.7 Å². The summed E-state index contributed by atoms with van der Waals surface area (Å²) in [6.07, 6.45) is 5.33. The Hall–Kier alpha value is -9.16. The number of hydrogen-bond acceptors (Lipinski definition) is 12. The molecule has 0 bridgehead atoms. The van der Waals surface area contributed by atoms with Crippen LogP contribution in [0.1, 0.15) is 261 Å². The van der Waals surface area contributed by atoms with Crippen LogP contribution in [0.15, 0.2) is 187 Å². The topological polar surface area (TPSA) is 201 Å². The third-order valence-electron chi connectivity index (χ3n) is 22.7. The van der Waals surface area contributed by atoms with Crippen LogP contribution in [0, 0.1) is 185 Å². The fraction of sp³-hybridized carbons (Fsp3) is 0.405. The average Bonchev–Trinajstić information content (AvgIpc) is 0.802. The second kappa shape index (κ2) is 51.8. The van der Waals surface area contributed by atoms with E-state index in [1.165, 1.54) is 140 Å². The summed E-state index contributed by atoms with van der Waals surface area (Å²) in [7, 11) is 0. The van der Waals surface area contributed by atoms with E-state index in [1.54, 1.807) is 0 Å². The summed E-state index contributed by atoms with van der Waals surface area (Å²) in [5.74, 6) is 0.416. The van der Waals surface area contributed by atoms with Gasteiger partial charge in [0.25, 0.3) is 0 Å². The standard InChI is InChI=1S/C20H20N.3C19H18N.4C11H20O2.4Ir/c1-12-8-15(4)17-6-7-19(21-20(17)9-12)18-11-14(3)13(2)10-16(18)5;1-12-9-15(4)17-7-8-18(20-19(17)10-12)16-6-5-13(2)14(3)11-16;1-12-5-6-16(14(3)9-12)18-8-7-17-15(4)10-13(2)11-19(17)20-18;1-12-10-14(3)16-8-9-18(20-19(16)11-12)17-7-5-6-13(2)15(17)4;4*1-10(2,3)8(12)7-9(13)11(4,5)6;;;;/h6-10H,1-5H3;2*5,7-11H,1-4H3;5-6,8-11H,1-4H3;4*7,12H,1-6H3;;;;/q4*-1;;;;;;;;. The molecule has 4 N–H and O–H groups in total. The van der Waals surface area contributed by atoms with Crippen molar-refractivity contribution in [3.05, 3.63) is 306 Å². The van der Waals surface area contributed by atoms with Gasteiger partial charge in [-0.15, -0.1) is 139 Å². The molecular formula is C121H154Ir4N4O8-4. The molecule has 137 heavy (non-hydrogen) atoms. The van der Waals surface area contributed by atoms with Crippen molar-refractivity contribution < 1.29 is 120 Å². The quantitative estimate of drug-likeness (QED) is 0.0638. The second-order valence-electron chi connectivity index (χ2n) is 44.2. The van der Waals surface area contributed by atoms with Crippen LogP contribution in [0.5, 0.6) is 0 Å². The number of fused-ring (bicyclic) bond motifs is 4. The number of allylic oxidation sites excluding steroid dienone is 8. The molecule has 0 amide bonds. The van der Waals surface area contributed by atoms with Crippen LogP contribution >= 0.6 is 0 Å². The van der Waals surface area contributed by atoms with Crippen LogP contribution < -0.4 is 0 Å². The zero-order valence-electron chi connectivity index (χ0n) is 89.6. The number of pyridine rings is 4. The zero-order chi connectivity index (χ0) is 101. The summed E-state index contributed by atoms with van der Waals surface area (Å²) >= 11 is 0. The summed E-state index contributed by atoms with van der Waals surface area (Å²) in [4.78, 5) is 65.3. The van der Waals surface area contributed by atoms with Crippen molar-refractivity contribution in [1.29, 1.82) is 0 Å².